The van der Waals surface area contributed by atoms with Crippen molar-refractivity contribution in [3.05, 3.63) is 24.0 Å². The molecular formula is C18H24FN3O3. The quantitative estimate of drug-likeness (QED) is 0.897. The van der Waals surface area contributed by atoms with E-state index in [0.717, 1.165) is 42.8 Å². The Labute approximate surface area is 146 Å². The number of methoxy groups -OCH3 is 1. The first-order valence-corrected chi connectivity index (χ1v) is 8.83. The molecule has 0 spiro atoms. The lowest BCUT2D eigenvalue weighted by molar-refractivity contribution is 0.00313. The Morgan fingerprint density at radius 1 is 1.32 bits per heavy atom. The summed E-state index contributed by atoms with van der Waals surface area (Å²) in [5.74, 6) is 1.48. The number of imidazole rings is 1. The molecule has 0 bridgehead atoms. The van der Waals surface area contributed by atoms with Crippen molar-refractivity contribution < 1.29 is 18.6 Å². The molecule has 25 heavy (non-hydrogen) atoms. The Kier molecular flexibility index (Phi) is 4.87. The van der Waals surface area contributed by atoms with E-state index >= 15 is 0 Å². The maximum atomic E-state index is 14.4. The average Bonchev–Trinajstić information content (AvgIpc) is 3.22. The zero-order valence-corrected chi connectivity index (χ0v) is 14.4. The first kappa shape index (κ1) is 16.8. The third-order valence-corrected chi connectivity index (χ3v) is 5.11. The van der Waals surface area contributed by atoms with Crippen LogP contribution in [0.5, 0.6) is 5.75 Å². The molecular weight excluding hydrogens is 325 g/mol. The highest BCUT2D eigenvalue weighted by Crippen LogP contribution is 2.25. The molecule has 136 valence electrons. The number of H-pyrrole nitrogens is 1. The van der Waals surface area contributed by atoms with Gasteiger partial charge in [0.05, 0.1) is 18.1 Å². The fourth-order valence-corrected chi connectivity index (χ4v) is 3.69. The van der Waals surface area contributed by atoms with Crippen molar-refractivity contribution in [1.82, 2.24) is 14.9 Å². The number of alkyl halides is 1. The monoisotopic (exact) mass is 349 g/mol. The lowest BCUT2D eigenvalue weighted by atomic mass is 10.1. The molecule has 2 atom stereocenters. The highest BCUT2D eigenvalue weighted by atomic mass is 19.1. The zero-order valence-electron chi connectivity index (χ0n) is 14.4. The number of nitrogens with one attached hydrogen (secondary N) is 1. The predicted molar refractivity (Wildman–Crippen MR) is 91.5 cm³/mol. The zero-order chi connectivity index (χ0) is 17.2. The van der Waals surface area contributed by atoms with Crippen LogP contribution in [0.25, 0.3) is 11.0 Å². The highest BCUT2D eigenvalue weighted by Gasteiger charge is 2.37. The van der Waals surface area contributed by atoms with Crippen molar-refractivity contribution in [3.63, 3.8) is 0 Å². The van der Waals surface area contributed by atoms with Crippen molar-refractivity contribution >= 4 is 11.0 Å². The minimum Gasteiger partial charge on any atom is -0.497 e. The second kappa shape index (κ2) is 7.27. The van der Waals surface area contributed by atoms with Crippen LogP contribution in [-0.2, 0) is 16.1 Å². The number of hydrogen-bond acceptors (Lipinski definition) is 5. The summed E-state index contributed by atoms with van der Waals surface area (Å²) in [4.78, 5) is 9.92. The van der Waals surface area contributed by atoms with Gasteiger partial charge in [-0.05, 0) is 25.0 Å². The van der Waals surface area contributed by atoms with E-state index in [1.807, 2.05) is 18.2 Å². The molecule has 2 fully saturated rings. The number of rotatable bonds is 5. The minimum absolute atomic E-state index is 0.281. The number of aromatic nitrogens is 2. The van der Waals surface area contributed by atoms with Gasteiger partial charge in [0.15, 0.2) is 0 Å². The van der Waals surface area contributed by atoms with Gasteiger partial charge in [-0.15, -0.1) is 0 Å². The Bertz CT molecular complexity index is 717. The number of ether oxygens (including phenoxy) is 3. The minimum atomic E-state index is -0.952. The number of hydrogen-bond donors (Lipinski definition) is 1. The standard InChI is InChI=1S/C18H24FN3O3/c1-23-13-2-3-15-16(8-13)21-18(20-15)11-25-17-10-22(9-14(17)19)12-4-6-24-7-5-12/h2-3,8,12,14,17H,4-7,9-11H2,1H3,(H,20,21). The highest BCUT2D eigenvalue weighted by molar-refractivity contribution is 5.76. The third-order valence-electron chi connectivity index (χ3n) is 5.11. The average molecular weight is 349 g/mol. The van der Waals surface area contributed by atoms with E-state index in [0.29, 0.717) is 25.0 Å². The van der Waals surface area contributed by atoms with Crippen molar-refractivity contribution in [2.45, 2.75) is 37.8 Å². The van der Waals surface area contributed by atoms with Gasteiger partial charge in [0.1, 0.15) is 30.5 Å². The molecule has 2 unspecified atom stereocenters. The summed E-state index contributed by atoms with van der Waals surface area (Å²) in [6.45, 7) is 2.91. The summed E-state index contributed by atoms with van der Waals surface area (Å²) >= 11 is 0. The molecule has 6 nitrogen and oxygen atoms in total. The van der Waals surface area contributed by atoms with Crippen LogP contribution in [0.4, 0.5) is 4.39 Å². The summed E-state index contributed by atoms with van der Waals surface area (Å²) in [6, 6.07) is 6.08. The molecule has 1 aromatic carbocycles. The van der Waals surface area contributed by atoms with Gasteiger partial charge in [-0.1, -0.05) is 0 Å². The van der Waals surface area contributed by atoms with E-state index in [9.17, 15) is 4.39 Å². The molecule has 1 aromatic heterocycles. The van der Waals surface area contributed by atoms with E-state index < -0.39 is 12.3 Å². The van der Waals surface area contributed by atoms with Gasteiger partial charge in [0.25, 0.3) is 0 Å². The van der Waals surface area contributed by atoms with E-state index in [2.05, 4.69) is 14.9 Å². The maximum Gasteiger partial charge on any atom is 0.140 e. The first-order chi connectivity index (χ1) is 12.2. The van der Waals surface area contributed by atoms with Crippen molar-refractivity contribution in [2.24, 2.45) is 0 Å². The number of likely N-dealkylation sites (tertiary alicyclic amines) is 1. The number of nitrogens with zero attached hydrogens (tertiary/aromatic N) is 2. The van der Waals surface area contributed by atoms with Crippen LogP contribution in [0.1, 0.15) is 18.7 Å². The molecule has 7 heteroatoms. The van der Waals surface area contributed by atoms with Crippen molar-refractivity contribution in [2.75, 3.05) is 33.4 Å². The molecule has 2 saturated heterocycles. The Balaban J connectivity index is 1.36. The molecule has 2 aliphatic rings. The number of halogens is 1. The number of benzene rings is 1. The summed E-state index contributed by atoms with van der Waals surface area (Å²) in [5, 5.41) is 0. The molecule has 2 aliphatic heterocycles. The topological polar surface area (TPSA) is 59.6 Å². The molecule has 0 aliphatic carbocycles. The van der Waals surface area contributed by atoms with Gasteiger partial charge in [0, 0.05) is 38.4 Å². The maximum absolute atomic E-state index is 14.4. The van der Waals surface area contributed by atoms with Crippen LogP contribution < -0.4 is 4.74 Å². The summed E-state index contributed by atoms with van der Waals surface area (Å²) in [6.07, 6.45) is 0.605. The van der Waals surface area contributed by atoms with Crippen LogP contribution >= 0.6 is 0 Å². The van der Waals surface area contributed by atoms with Crippen LogP contribution in [0.3, 0.4) is 0 Å². The van der Waals surface area contributed by atoms with E-state index in [1.54, 1.807) is 7.11 Å². The molecule has 0 amide bonds. The van der Waals surface area contributed by atoms with Gasteiger partial charge in [-0.25, -0.2) is 9.37 Å². The van der Waals surface area contributed by atoms with Gasteiger partial charge in [0.2, 0.25) is 0 Å². The van der Waals surface area contributed by atoms with Gasteiger partial charge in [-0.3, -0.25) is 4.90 Å². The molecule has 4 rings (SSSR count). The Hall–Kier alpha value is -1.70. The largest absolute Gasteiger partial charge is 0.497 e. The second-order valence-corrected chi connectivity index (χ2v) is 6.73. The fourth-order valence-electron chi connectivity index (χ4n) is 3.69. The Morgan fingerprint density at radius 2 is 2.16 bits per heavy atom. The van der Waals surface area contributed by atoms with Crippen LogP contribution in [-0.4, -0.2) is 66.6 Å². The lowest BCUT2D eigenvalue weighted by Gasteiger charge is -2.30. The Morgan fingerprint density at radius 3 is 2.96 bits per heavy atom. The second-order valence-electron chi connectivity index (χ2n) is 6.73. The smallest absolute Gasteiger partial charge is 0.140 e. The summed E-state index contributed by atoms with van der Waals surface area (Å²) < 4.78 is 30.8. The summed E-state index contributed by atoms with van der Waals surface area (Å²) in [5.41, 5.74) is 1.75. The molecule has 3 heterocycles. The lowest BCUT2D eigenvalue weighted by Crippen LogP contribution is -2.38. The van der Waals surface area contributed by atoms with Crippen molar-refractivity contribution in [1.29, 1.82) is 0 Å². The first-order valence-electron chi connectivity index (χ1n) is 8.83. The van der Waals surface area contributed by atoms with E-state index in [-0.39, 0.29) is 6.61 Å². The SMILES string of the molecule is COc1ccc2nc(COC3CN(C4CCOCC4)CC3F)[nH]c2c1. The third kappa shape index (κ3) is 3.63. The number of aromatic amines is 1. The number of fused-ring (bicyclic) bond motifs is 1. The van der Waals surface area contributed by atoms with Crippen LogP contribution in [0.2, 0.25) is 0 Å². The molecule has 2 aromatic rings. The van der Waals surface area contributed by atoms with Gasteiger partial charge < -0.3 is 19.2 Å². The normalized spacial score (nSPS) is 25.7. The summed E-state index contributed by atoms with van der Waals surface area (Å²) in [7, 11) is 1.63. The predicted octanol–water partition coefficient (Wildman–Crippen LogP) is 2.29. The molecule has 1 N–H and O–H groups in total. The van der Waals surface area contributed by atoms with E-state index in [1.165, 1.54) is 0 Å². The molecule has 0 saturated carbocycles. The van der Waals surface area contributed by atoms with Gasteiger partial charge in [-0.2, -0.15) is 0 Å². The van der Waals surface area contributed by atoms with Crippen LogP contribution in [0, 0.1) is 0 Å². The fraction of sp³-hybridized carbons (Fsp3) is 0.611. The molecule has 0 radical (unpaired) electrons. The van der Waals surface area contributed by atoms with Gasteiger partial charge >= 0.3 is 0 Å². The van der Waals surface area contributed by atoms with Crippen molar-refractivity contribution in [3.8, 4) is 5.75 Å². The van der Waals surface area contributed by atoms with Crippen LogP contribution in [0.15, 0.2) is 18.2 Å². The van der Waals surface area contributed by atoms with E-state index in [4.69, 9.17) is 14.2 Å².